The third-order valence-electron chi connectivity index (χ3n) is 4.06. The minimum atomic E-state index is -5.06. The van der Waals surface area contributed by atoms with Gasteiger partial charge in [-0.05, 0) is 11.4 Å². The molecule has 1 aliphatic carbocycles. The van der Waals surface area contributed by atoms with E-state index in [9.17, 15) is 22.8 Å². The number of ketones is 1. The standard InChI is InChI=1S/C18H15F3N2O4S/c1-26-10-5-9(6-11(7-10)27-2)22-8-13-14(23-17(25)18(19,20)21)12-3-4-28-16(12)15(13)24/h3-8,14,22H,1-2H3,(H,23,25)/b13-8+/t14-/m1/s1. The number of carbonyl (C=O) groups is 2. The number of rotatable bonds is 5. The van der Waals surface area contributed by atoms with E-state index >= 15 is 0 Å². The first kappa shape index (κ1) is 19.7. The summed E-state index contributed by atoms with van der Waals surface area (Å²) in [4.78, 5) is 24.3. The van der Waals surface area contributed by atoms with Crippen LogP contribution in [0.2, 0.25) is 0 Å². The normalized spacial score (nSPS) is 17.4. The Bertz CT molecular complexity index is 930. The number of anilines is 1. The van der Waals surface area contributed by atoms with E-state index in [0.717, 1.165) is 11.3 Å². The van der Waals surface area contributed by atoms with Crippen LogP contribution in [0.25, 0.3) is 0 Å². The van der Waals surface area contributed by atoms with Gasteiger partial charge < -0.3 is 20.1 Å². The van der Waals surface area contributed by atoms with Gasteiger partial charge in [0.05, 0.1) is 25.1 Å². The van der Waals surface area contributed by atoms with Gasteiger partial charge in [0, 0.05) is 41.2 Å². The monoisotopic (exact) mass is 412 g/mol. The average Bonchev–Trinajstić information content (AvgIpc) is 3.22. The Hall–Kier alpha value is -3.01. The lowest BCUT2D eigenvalue weighted by Gasteiger charge is -2.16. The molecular weight excluding hydrogens is 397 g/mol. The first-order valence-corrected chi connectivity index (χ1v) is 8.82. The van der Waals surface area contributed by atoms with Crippen LogP contribution in [-0.4, -0.2) is 32.1 Å². The topological polar surface area (TPSA) is 76.7 Å². The van der Waals surface area contributed by atoms with Crippen molar-refractivity contribution in [3.63, 3.8) is 0 Å². The van der Waals surface area contributed by atoms with Crippen molar-refractivity contribution in [2.24, 2.45) is 0 Å². The summed E-state index contributed by atoms with van der Waals surface area (Å²) in [6.07, 6.45) is -3.77. The molecule has 6 nitrogen and oxygen atoms in total. The van der Waals surface area contributed by atoms with Crippen LogP contribution in [0, 0.1) is 0 Å². The Labute approximate surface area is 161 Å². The van der Waals surface area contributed by atoms with E-state index < -0.39 is 23.9 Å². The zero-order chi connectivity index (χ0) is 20.5. The van der Waals surface area contributed by atoms with Crippen LogP contribution in [0.5, 0.6) is 11.5 Å². The van der Waals surface area contributed by atoms with E-state index in [2.05, 4.69) is 5.32 Å². The highest BCUT2D eigenvalue weighted by molar-refractivity contribution is 7.12. The second kappa shape index (κ2) is 7.55. The van der Waals surface area contributed by atoms with Gasteiger partial charge >= 0.3 is 12.1 Å². The number of thiophene rings is 1. The number of halogens is 3. The van der Waals surface area contributed by atoms with Crippen molar-refractivity contribution >= 4 is 28.7 Å². The van der Waals surface area contributed by atoms with Crippen molar-refractivity contribution in [3.8, 4) is 11.5 Å². The van der Waals surface area contributed by atoms with Crippen molar-refractivity contribution < 1.29 is 32.2 Å². The van der Waals surface area contributed by atoms with Gasteiger partial charge in [-0.3, -0.25) is 9.59 Å². The molecule has 10 heteroatoms. The van der Waals surface area contributed by atoms with Crippen LogP contribution in [0.3, 0.4) is 0 Å². The lowest BCUT2D eigenvalue weighted by atomic mass is 10.1. The Morgan fingerprint density at radius 3 is 2.39 bits per heavy atom. The van der Waals surface area contributed by atoms with Gasteiger partial charge in [0.1, 0.15) is 11.5 Å². The molecule has 148 valence electrons. The molecule has 0 spiro atoms. The van der Waals surface area contributed by atoms with Crippen molar-refractivity contribution in [2.75, 3.05) is 19.5 Å². The van der Waals surface area contributed by atoms with E-state index in [-0.39, 0.29) is 5.57 Å². The van der Waals surface area contributed by atoms with Gasteiger partial charge in [0.2, 0.25) is 5.78 Å². The van der Waals surface area contributed by atoms with Crippen LogP contribution in [-0.2, 0) is 4.79 Å². The first-order chi connectivity index (χ1) is 13.2. The second-order valence-electron chi connectivity index (χ2n) is 5.78. The van der Waals surface area contributed by atoms with E-state index in [1.807, 2.05) is 5.32 Å². The molecular formula is C18H15F3N2O4S. The fraction of sp³-hybridized carbons (Fsp3) is 0.222. The lowest BCUT2D eigenvalue weighted by Crippen LogP contribution is -2.39. The average molecular weight is 412 g/mol. The third-order valence-corrected chi connectivity index (χ3v) is 4.99. The van der Waals surface area contributed by atoms with E-state index in [1.54, 1.807) is 23.6 Å². The van der Waals surface area contributed by atoms with Gasteiger partial charge in [-0.25, -0.2) is 0 Å². The highest BCUT2D eigenvalue weighted by atomic mass is 32.1. The van der Waals surface area contributed by atoms with Crippen molar-refractivity contribution in [1.82, 2.24) is 5.32 Å². The van der Waals surface area contributed by atoms with Crippen molar-refractivity contribution in [2.45, 2.75) is 12.2 Å². The number of benzene rings is 1. The quantitative estimate of drug-likeness (QED) is 0.733. The molecule has 0 bridgehead atoms. The molecule has 0 radical (unpaired) electrons. The van der Waals surface area contributed by atoms with Crippen LogP contribution < -0.4 is 20.1 Å². The van der Waals surface area contributed by atoms with Crippen molar-refractivity contribution in [1.29, 1.82) is 0 Å². The minimum absolute atomic E-state index is 0.00115. The zero-order valence-electron chi connectivity index (χ0n) is 14.7. The number of nitrogens with one attached hydrogen (secondary N) is 2. The molecule has 1 aromatic carbocycles. The summed E-state index contributed by atoms with van der Waals surface area (Å²) in [7, 11) is 2.94. The zero-order valence-corrected chi connectivity index (χ0v) is 15.5. The Kier molecular flexibility index (Phi) is 5.32. The minimum Gasteiger partial charge on any atom is -0.497 e. The molecule has 1 atom stereocenters. The third kappa shape index (κ3) is 3.81. The summed E-state index contributed by atoms with van der Waals surface area (Å²) in [6, 6.07) is 5.22. The molecule has 1 aromatic heterocycles. The van der Waals surface area contributed by atoms with Crippen LogP contribution in [0.4, 0.5) is 18.9 Å². The predicted octanol–water partition coefficient (Wildman–Crippen LogP) is 3.68. The predicted molar refractivity (Wildman–Crippen MR) is 96.8 cm³/mol. The van der Waals surface area contributed by atoms with Crippen LogP contribution >= 0.6 is 11.3 Å². The molecule has 0 aliphatic heterocycles. The molecule has 2 aromatic rings. The second-order valence-corrected chi connectivity index (χ2v) is 6.70. The maximum atomic E-state index is 12.7. The molecule has 0 saturated heterocycles. The van der Waals surface area contributed by atoms with E-state index in [1.165, 1.54) is 26.5 Å². The summed E-state index contributed by atoms with van der Waals surface area (Å²) in [5.41, 5.74) is 0.831. The number of amides is 1. The number of hydrogen-bond acceptors (Lipinski definition) is 6. The van der Waals surface area contributed by atoms with Gasteiger partial charge in [-0.1, -0.05) is 0 Å². The molecule has 1 aliphatic rings. The smallest absolute Gasteiger partial charge is 0.471 e. The van der Waals surface area contributed by atoms with Gasteiger partial charge in [-0.2, -0.15) is 13.2 Å². The molecule has 0 fully saturated rings. The molecule has 3 rings (SSSR count). The van der Waals surface area contributed by atoms with Crippen molar-refractivity contribution in [3.05, 3.63) is 51.9 Å². The number of methoxy groups -OCH3 is 2. The number of carbonyl (C=O) groups excluding carboxylic acids is 2. The fourth-order valence-electron chi connectivity index (χ4n) is 2.73. The molecule has 0 saturated carbocycles. The maximum Gasteiger partial charge on any atom is 0.471 e. The van der Waals surface area contributed by atoms with E-state index in [4.69, 9.17) is 9.47 Å². The van der Waals surface area contributed by atoms with E-state index in [0.29, 0.717) is 27.6 Å². The number of ether oxygens (including phenoxy) is 2. The van der Waals surface area contributed by atoms with Crippen LogP contribution in [0.1, 0.15) is 21.3 Å². The number of fused-ring (bicyclic) bond motifs is 1. The van der Waals surface area contributed by atoms with Gasteiger partial charge in [-0.15, -0.1) is 11.3 Å². The molecule has 2 N–H and O–H groups in total. The summed E-state index contributed by atoms with van der Waals surface area (Å²) in [5, 5.41) is 6.34. The largest absolute Gasteiger partial charge is 0.497 e. The highest BCUT2D eigenvalue weighted by Crippen LogP contribution is 2.39. The van der Waals surface area contributed by atoms with Gasteiger partial charge in [0.15, 0.2) is 0 Å². The first-order valence-electron chi connectivity index (χ1n) is 7.94. The SMILES string of the molecule is COc1cc(N/C=C2/C(=O)c3sccc3[C@H]2NC(=O)C(F)(F)F)cc(OC)c1. The summed E-state index contributed by atoms with van der Waals surface area (Å²) in [5.74, 6) is -1.59. The maximum absolute atomic E-state index is 12.7. The summed E-state index contributed by atoms with van der Waals surface area (Å²) >= 11 is 1.11. The number of alkyl halides is 3. The molecule has 1 heterocycles. The Balaban J connectivity index is 1.91. The molecule has 28 heavy (non-hydrogen) atoms. The highest BCUT2D eigenvalue weighted by Gasteiger charge is 2.44. The Morgan fingerprint density at radius 2 is 1.82 bits per heavy atom. The number of hydrogen-bond donors (Lipinski definition) is 2. The fourth-order valence-corrected chi connectivity index (χ4v) is 3.63. The summed E-state index contributed by atoms with van der Waals surface area (Å²) < 4.78 is 48.4. The Morgan fingerprint density at radius 1 is 1.18 bits per heavy atom. The lowest BCUT2D eigenvalue weighted by molar-refractivity contribution is -0.174. The molecule has 0 unspecified atom stereocenters. The molecule has 1 amide bonds. The van der Waals surface area contributed by atoms with Gasteiger partial charge in [0.25, 0.3) is 0 Å². The van der Waals surface area contributed by atoms with Crippen LogP contribution in [0.15, 0.2) is 41.4 Å². The number of Topliss-reactive ketones (excluding diaryl/α,β-unsaturated/α-hetero) is 1. The summed E-state index contributed by atoms with van der Waals surface area (Å²) in [6.45, 7) is 0.